The predicted octanol–water partition coefficient (Wildman–Crippen LogP) is 12.3. The third-order valence-corrected chi connectivity index (χ3v) is 13.7. The van der Waals surface area contributed by atoms with Crippen molar-refractivity contribution in [1.82, 2.24) is 14.1 Å². The minimum absolute atomic E-state index is 0.0187. The fraction of sp³-hybridized carbons (Fsp3) is 0.218. The van der Waals surface area contributed by atoms with Crippen LogP contribution in [0.15, 0.2) is 133 Å². The molecule has 0 bridgehead atoms. The molecule has 3 heterocycles. The number of hydrogen-bond donors (Lipinski definition) is 1. The second-order valence-corrected chi connectivity index (χ2v) is 19.9. The van der Waals surface area contributed by atoms with Gasteiger partial charge in [-0.3, -0.25) is 0 Å². The first-order valence-corrected chi connectivity index (χ1v) is 21.5. The highest BCUT2D eigenvalue weighted by Crippen LogP contribution is 2.51. The molecular weight excluding hydrogens is 727 g/mol. The van der Waals surface area contributed by atoms with Gasteiger partial charge in [-0.25, -0.2) is 4.98 Å². The van der Waals surface area contributed by atoms with Gasteiger partial charge in [-0.15, -0.1) is 0 Å². The van der Waals surface area contributed by atoms with E-state index in [0.717, 1.165) is 41.1 Å². The number of aryl methyl sites for hydroxylation is 1. The second kappa shape index (κ2) is 12.6. The van der Waals surface area contributed by atoms with E-state index in [2.05, 4.69) is 210 Å². The molecule has 0 atom stereocenters. The van der Waals surface area contributed by atoms with Crippen molar-refractivity contribution in [2.24, 2.45) is 7.05 Å². The Morgan fingerprint density at radius 2 is 1.32 bits per heavy atom. The van der Waals surface area contributed by atoms with E-state index in [1.807, 2.05) is 0 Å². The van der Waals surface area contributed by atoms with Gasteiger partial charge in [0.25, 0.3) is 0 Å². The lowest BCUT2D eigenvalue weighted by Crippen LogP contribution is -2.37. The fourth-order valence-electron chi connectivity index (χ4n) is 10.3. The summed E-state index contributed by atoms with van der Waals surface area (Å²) in [6.45, 7) is 18.5. The van der Waals surface area contributed by atoms with Crippen LogP contribution in [0.4, 0.5) is 11.4 Å². The van der Waals surface area contributed by atoms with Crippen LogP contribution in [-0.4, -0.2) is 21.4 Å². The van der Waals surface area contributed by atoms with E-state index in [0.29, 0.717) is 0 Å². The standard InChI is InChI=1S/C55H51BN4/c1-53(2,3)33-19-22-35(23-20-33)57-45-26-21-34(54(4,5)6)27-40(45)37-24-25-38-41-28-43-39(36-17-13-14-18-42(36)55(43,7)8)29-47(41)60-48-31-49-46(30-44(48)56-50(37)51(38)60)58-52(59(49)9)32-15-11-10-12-16-32/h10-31,56-57H,1-9H3. The van der Waals surface area contributed by atoms with Gasteiger partial charge in [0.15, 0.2) is 7.28 Å². The molecule has 1 aliphatic carbocycles. The molecule has 7 aromatic carbocycles. The molecule has 0 fully saturated rings. The number of nitrogens with zero attached hydrogens (tertiary/aromatic N) is 3. The molecule has 0 saturated heterocycles. The number of benzene rings is 7. The van der Waals surface area contributed by atoms with E-state index in [4.69, 9.17) is 4.98 Å². The third-order valence-electron chi connectivity index (χ3n) is 13.7. The molecule has 1 N–H and O–H groups in total. The lowest BCUT2D eigenvalue weighted by Gasteiger charge is -2.26. The number of rotatable bonds is 4. The molecule has 294 valence electrons. The van der Waals surface area contributed by atoms with Crippen LogP contribution < -0.4 is 16.2 Å². The van der Waals surface area contributed by atoms with Gasteiger partial charge in [0.05, 0.1) is 16.6 Å². The van der Waals surface area contributed by atoms with Crippen molar-refractivity contribution in [1.29, 1.82) is 0 Å². The van der Waals surface area contributed by atoms with Crippen LogP contribution in [0.25, 0.3) is 72.2 Å². The van der Waals surface area contributed by atoms with Crippen LogP contribution >= 0.6 is 0 Å². The Labute approximate surface area is 354 Å². The fourth-order valence-corrected chi connectivity index (χ4v) is 10.3. The molecule has 1 aliphatic heterocycles. The van der Waals surface area contributed by atoms with Gasteiger partial charge < -0.3 is 14.5 Å². The molecule has 0 radical (unpaired) electrons. The average Bonchev–Trinajstić information content (AvgIpc) is 3.81. The second-order valence-electron chi connectivity index (χ2n) is 19.9. The summed E-state index contributed by atoms with van der Waals surface area (Å²) in [5, 5.41) is 6.49. The Morgan fingerprint density at radius 3 is 2.07 bits per heavy atom. The zero-order chi connectivity index (χ0) is 41.5. The van der Waals surface area contributed by atoms with Crippen LogP contribution in [0.2, 0.25) is 0 Å². The van der Waals surface area contributed by atoms with Crippen molar-refractivity contribution in [2.75, 3.05) is 5.32 Å². The number of anilines is 2. The van der Waals surface area contributed by atoms with Crippen LogP contribution in [0, 0.1) is 0 Å². The molecule has 11 rings (SSSR count). The molecule has 4 nitrogen and oxygen atoms in total. The monoisotopic (exact) mass is 778 g/mol. The summed E-state index contributed by atoms with van der Waals surface area (Å²) in [5.41, 5.74) is 22.5. The summed E-state index contributed by atoms with van der Waals surface area (Å²) in [6, 6.07) is 50.2. The lowest BCUT2D eigenvalue weighted by atomic mass is 9.59. The number of fused-ring (bicyclic) bond motifs is 9. The van der Waals surface area contributed by atoms with E-state index >= 15 is 0 Å². The molecule has 0 unspecified atom stereocenters. The maximum atomic E-state index is 5.28. The molecule has 60 heavy (non-hydrogen) atoms. The van der Waals surface area contributed by atoms with Crippen molar-refractivity contribution in [3.05, 3.63) is 156 Å². The molecule has 0 amide bonds. The van der Waals surface area contributed by atoms with Crippen molar-refractivity contribution in [3.8, 4) is 39.3 Å². The minimum Gasteiger partial charge on any atom is -0.355 e. The Kier molecular flexibility index (Phi) is 7.71. The average molecular weight is 779 g/mol. The smallest absolute Gasteiger partial charge is 0.198 e. The van der Waals surface area contributed by atoms with E-state index in [9.17, 15) is 0 Å². The highest BCUT2D eigenvalue weighted by atomic mass is 15.1. The molecule has 5 heteroatoms. The van der Waals surface area contributed by atoms with Crippen LogP contribution in [-0.2, 0) is 23.3 Å². The lowest BCUT2D eigenvalue weighted by molar-refractivity contribution is 0.590. The maximum absolute atomic E-state index is 5.28. The van der Waals surface area contributed by atoms with Gasteiger partial charge in [-0.2, -0.15) is 0 Å². The SMILES string of the molecule is Cn1c(-c2ccccc2)nc2cc3c(cc21)-n1c2cc4c(cc2c2ccc(-c5cc(C(C)(C)C)ccc5Nc5ccc(C(C)(C)C)cc5)c(c21)B3)C(C)(C)c1ccccc1-4. The number of nitrogens with one attached hydrogen (secondary N) is 1. The van der Waals surface area contributed by atoms with Gasteiger partial charge in [0.1, 0.15) is 5.82 Å². The summed E-state index contributed by atoms with van der Waals surface area (Å²) in [5.74, 6) is 0.982. The molecule has 9 aromatic rings. The number of aromatic nitrogens is 3. The normalized spacial score (nSPS) is 14.0. The maximum Gasteiger partial charge on any atom is 0.198 e. The van der Waals surface area contributed by atoms with Gasteiger partial charge in [-0.1, -0.05) is 146 Å². The zero-order valence-electron chi connectivity index (χ0n) is 36.3. The van der Waals surface area contributed by atoms with E-state index in [-0.39, 0.29) is 16.2 Å². The number of hydrogen-bond acceptors (Lipinski definition) is 2. The summed E-state index contributed by atoms with van der Waals surface area (Å²) in [7, 11) is 2.96. The van der Waals surface area contributed by atoms with Crippen molar-refractivity contribution >= 4 is 62.4 Å². The Balaban J connectivity index is 1.19. The van der Waals surface area contributed by atoms with E-state index in [1.165, 1.54) is 82.9 Å². The molecule has 0 spiro atoms. The van der Waals surface area contributed by atoms with E-state index < -0.39 is 0 Å². The van der Waals surface area contributed by atoms with Crippen molar-refractivity contribution in [3.63, 3.8) is 0 Å². The van der Waals surface area contributed by atoms with Gasteiger partial charge in [0, 0.05) is 56.9 Å². The quantitative estimate of drug-likeness (QED) is 0.181. The largest absolute Gasteiger partial charge is 0.355 e. The van der Waals surface area contributed by atoms with Crippen molar-refractivity contribution < 1.29 is 0 Å². The topological polar surface area (TPSA) is 34.8 Å². The Bertz CT molecular complexity index is 3240. The van der Waals surface area contributed by atoms with Crippen LogP contribution in [0.5, 0.6) is 0 Å². The highest BCUT2D eigenvalue weighted by Gasteiger charge is 2.37. The summed E-state index contributed by atoms with van der Waals surface area (Å²) in [4.78, 5) is 5.28. The molecule has 2 aromatic heterocycles. The predicted molar refractivity (Wildman–Crippen MR) is 257 cm³/mol. The van der Waals surface area contributed by atoms with Crippen LogP contribution in [0.3, 0.4) is 0 Å². The van der Waals surface area contributed by atoms with Crippen molar-refractivity contribution in [2.45, 2.75) is 71.6 Å². The molecule has 0 saturated carbocycles. The minimum atomic E-state index is -0.0941. The van der Waals surface area contributed by atoms with E-state index in [1.54, 1.807) is 0 Å². The summed E-state index contributed by atoms with van der Waals surface area (Å²) < 4.78 is 4.86. The Hall–Kier alpha value is -6.33. The zero-order valence-corrected chi connectivity index (χ0v) is 36.3. The van der Waals surface area contributed by atoms with Gasteiger partial charge in [0.2, 0.25) is 0 Å². The highest BCUT2D eigenvalue weighted by molar-refractivity contribution is 6.73. The first-order chi connectivity index (χ1) is 28.7. The first kappa shape index (κ1) is 36.7. The van der Waals surface area contributed by atoms with Crippen LogP contribution in [0.1, 0.15) is 77.6 Å². The molecule has 2 aliphatic rings. The molecular formula is C55H51BN4. The first-order valence-electron chi connectivity index (χ1n) is 21.5. The Morgan fingerprint density at radius 1 is 0.600 bits per heavy atom. The third kappa shape index (κ3) is 5.41. The van der Waals surface area contributed by atoms with Gasteiger partial charge in [-0.05, 0) is 104 Å². The summed E-state index contributed by atoms with van der Waals surface area (Å²) >= 11 is 0. The number of imidazole rings is 1. The van der Waals surface area contributed by atoms with Gasteiger partial charge >= 0.3 is 0 Å². The summed E-state index contributed by atoms with van der Waals surface area (Å²) in [6.07, 6.45) is 0.